The molecule has 1 aromatic carbocycles. The van der Waals surface area contributed by atoms with Gasteiger partial charge in [-0.1, -0.05) is 29.8 Å². The molecule has 2 N–H and O–H groups in total. The fraction of sp³-hybridized carbons (Fsp3) is 0.105. The van der Waals surface area contributed by atoms with Gasteiger partial charge in [-0.3, -0.25) is 4.98 Å². The molecule has 4 aromatic rings. The van der Waals surface area contributed by atoms with Crippen molar-refractivity contribution in [1.82, 2.24) is 19.9 Å². The van der Waals surface area contributed by atoms with E-state index in [2.05, 4.69) is 25.3 Å². The number of aromatic amines is 1. The minimum Gasteiger partial charge on any atom is -0.369 e. The van der Waals surface area contributed by atoms with Gasteiger partial charge in [0.05, 0.1) is 5.39 Å². The topological polar surface area (TPSA) is 66.5 Å². The third kappa shape index (κ3) is 3.32. The molecule has 0 fully saturated rings. The lowest BCUT2D eigenvalue weighted by atomic mass is 10.1. The van der Waals surface area contributed by atoms with Crippen LogP contribution < -0.4 is 5.32 Å². The summed E-state index contributed by atoms with van der Waals surface area (Å²) in [5, 5.41) is 5.07. The lowest BCUT2D eigenvalue weighted by molar-refractivity contribution is 0.954. The van der Waals surface area contributed by atoms with Crippen LogP contribution in [0.15, 0.2) is 61.2 Å². The minimum absolute atomic E-state index is 0.702. The van der Waals surface area contributed by atoms with E-state index in [-0.39, 0.29) is 0 Å². The largest absolute Gasteiger partial charge is 0.369 e. The predicted octanol–water partition coefficient (Wildman–Crippen LogP) is 4.33. The van der Waals surface area contributed by atoms with E-state index in [0.717, 1.165) is 46.6 Å². The fourth-order valence-electron chi connectivity index (χ4n) is 2.84. The average molecular weight is 350 g/mol. The van der Waals surface area contributed by atoms with Crippen LogP contribution in [0.3, 0.4) is 0 Å². The first-order chi connectivity index (χ1) is 12.3. The Balaban J connectivity index is 1.64. The molecule has 0 atom stereocenters. The minimum atomic E-state index is 0.702. The number of pyridine rings is 1. The first-order valence-corrected chi connectivity index (χ1v) is 8.41. The number of H-pyrrole nitrogens is 1. The monoisotopic (exact) mass is 349 g/mol. The van der Waals surface area contributed by atoms with Crippen LogP contribution >= 0.6 is 11.6 Å². The van der Waals surface area contributed by atoms with Gasteiger partial charge in [0.15, 0.2) is 0 Å². The smallest absolute Gasteiger partial charge is 0.143 e. The van der Waals surface area contributed by atoms with Crippen molar-refractivity contribution in [2.24, 2.45) is 0 Å². The molecule has 0 radical (unpaired) electrons. The van der Waals surface area contributed by atoms with Gasteiger partial charge >= 0.3 is 0 Å². The van der Waals surface area contributed by atoms with Crippen molar-refractivity contribution < 1.29 is 0 Å². The summed E-state index contributed by atoms with van der Waals surface area (Å²) in [6, 6.07) is 13.7. The summed E-state index contributed by atoms with van der Waals surface area (Å²) in [5.41, 5.74) is 3.90. The van der Waals surface area contributed by atoms with Crippen LogP contribution in [0.25, 0.3) is 22.2 Å². The van der Waals surface area contributed by atoms with E-state index in [1.54, 1.807) is 6.33 Å². The number of rotatable bonds is 5. The molecule has 25 heavy (non-hydrogen) atoms. The maximum atomic E-state index is 6.14. The molecule has 3 heterocycles. The Morgan fingerprint density at radius 1 is 1.04 bits per heavy atom. The summed E-state index contributed by atoms with van der Waals surface area (Å²) in [5.74, 6) is 0.803. The zero-order valence-electron chi connectivity index (χ0n) is 13.4. The molecular weight excluding hydrogens is 334 g/mol. The van der Waals surface area contributed by atoms with E-state index in [0.29, 0.717) is 5.02 Å². The number of hydrogen-bond acceptors (Lipinski definition) is 4. The van der Waals surface area contributed by atoms with Crippen LogP contribution in [0.4, 0.5) is 5.82 Å². The molecule has 5 nitrogen and oxygen atoms in total. The Hall–Kier alpha value is -2.92. The Labute approximate surface area is 150 Å². The Bertz CT molecular complexity index is 997. The molecule has 0 bridgehead atoms. The zero-order valence-corrected chi connectivity index (χ0v) is 14.2. The van der Waals surface area contributed by atoms with E-state index >= 15 is 0 Å². The Morgan fingerprint density at radius 2 is 2.00 bits per heavy atom. The van der Waals surface area contributed by atoms with Gasteiger partial charge in [0.2, 0.25) is 0 Å². The number of aromatic nitrogens is 4. The average Bonchev–Trinajstić information content (AvgIpc) is 3.08. The van der Waals surface area contributed by atoms with Crippen molar-refractivity contribution in [3.8, 4) is 11.1 Å². The van der Waals surface area contributed by atoms with Crippen molar-refractivity contribution in [3.63, 3.8) is 0 Å². The second-order valence-electron chi connectivity index (χ2n) is 5.66. The molecule has 0 aliphatic rings. The van der Waals surface area contributed by atoms with Crippen LogP contribution in [0, 0.1) is 0 Å². The van der Waals surface area contributed by atoms with Gasteiger partial charge in [-0.25, -0.2) is 9.97 Å². The molecule has 0 aliphatic carbocycles. The molecule has 0 amide bonds. The quantitative estimate of drug-likeness (QED) is 0.563. The van der Waals surface area contributed by atoms with Gasteiger partial charge in [0, 0.05) is 41.6 Å². The highest BCUT2D eigenvalue weighted by Crippen LogP contribution is 2.32. The lowest BCUT2D eigenvalue weighted by Gasteiger charge is -2.08. The van der Waals surface area contributed by atoms with Gasteiger partial charge in [0.25, 0.3) is 0 Å². The van der Waals surface area contributed by atoms with Gasteiger partial charge in [-0.2, -0.15) is 0 Å². The fourth-order valence-corrected chi connectivity index (χ4v) is 3.03. The van der Waals surface area contributed by atoms with Gasteiger partial charge in [-0.05, 0) is 29.8 Å². The highest BCUT2D eigenvalue weighted by atomic mass is 35.5. The Kier molecular flexibility index (Phi) is 4.31. The predicted molar refractivity (Wildman–Crippen MR) is 101 cm³/mol. The van der Waals surface area contributed by atoms with Crippen LogP contribution in [0.5, 0.6) is 0 Å². The van der Waals surface area contributed by atoms with E-state index in [1.807, 2.05) is 54.9 Å². The maximum absolute atomic E-state index is 6.14. The first kappa shape index (κ1) is 15.6. The van der Waals surface area contributed by atoms with Crippen LogP contribution in [0.1, 0.15) is 5.69 Å². The third-order valence-electron chi connectivity index (χ3n) is 4.01. The maximum Gasteiger partial charge on any atom is 0.143 e. The van der Waals surface area contributed by atoms with Crippen LogP contribution in [0.2, 0.25) is 5.02 Å². The summed E-state index contributed by atoms with van der Waals surface area (Å²) >= 11 is 6.14. The Morgan fingerprint density at radius 3 is 2.84 bits per heavy atom. The van der Waals surface area contributed by atoms with Gasteiger partial charge in [-0.15, -0.1) is 0 Å². The van der Waals surface area contributed by atoms with Crippen molar-refractivity contribution in [3.05, 3.63) is 71.9 Å². The van der Waals surface area contributed by atoms with E-state index < -0.39 is 0 Å². The van der Waals surface area contributed by atoms with Crippen molar-refractivity contribution >= 4 is 28.5 Å². The SMILES string of the molecule is Clc1cccc(-c2c[nH]c3ncnc(NCCc4ccccn4)c23)c1. The molecular formula is C19H16ClN5. The van der Waals surface area contributed by atoms with Crippen LogP contribution in [-0.4, -0.2) is 26.5 Å². The second kappa shape index (κ2) is 6.91. The number of halogens is 1. The van der Waals surface area contributed by atoms with Crippen LogP contribution in [-0.2, 0) is 6.42 Å². The molecule has 0 aliphatic heterocycles. The molecule has 0 unspecified atom stereocenters. The summed E-state index contributed by atoms with van der Waals surface area (Å²) < 4.78 is 0. The summed E-state index contributed by atoms with van der Waals surface area (Å²) in [7, 11) is 0. The third-order valence-corrected chi connectivity index (χ3v) is 4.24. The molecule has 4 rings (SSSR count). The normalized spacial score (nSPS) is 10.9. The molecule has 0 spiro atoms. The molecule has 0 saturated carbocycles. The van der Waals surface area contributed by atoms with Gasteiger partial charge < -0.3 is 10.3 Å². The number of fused-ring (bicyclic) bond motifs is 1. The zero-order chi connectivity index (χ0) is 17.1. The molecule has 124 valence electrons. The lowest BCUT2D eigenvalue weighted by Crippen LogP contribution is -2.07. The summed E-state index contributed by atoms with van der Waals surface area (Å²) in [6.45, 7) is 0.739. The molecule has 6 heteroatoms. The highest BCUT2D eigenvalue weighted by Gasteiger charge is 2.12. The number of hydrogen-bond donors (Lipinski definition) is 2. The number of anilines is 1. The molecule has 0 saturated heterocycles. The number of nitrogens with zero attached hydrogens (tertiary/aromatic N) is 3. The van der Waals surface area contributed by atoms with Crippen molar-refractivity contribution in [2.75, 3.05) is 11.9 Å². The van der Waals surface area contributed by atoms with Gasteiger partial charge in [0.1, 0.15) is 17.8 Å². The van der Waals surface area contributed by atoms with Crippen molar-refractivity contribution in [1.29, 1.82) is 0 Å². The molecule has 3 aromatic heterocycles. The summed E-state index contributed by atoms with van der Waals surface area (Å²) in [4.78, 5) is 16.3. The van der Waals surface area contributed by atoms with E-state index in [4.69, 9.17) is 11.6 Å². The number of benzene rings is 1. The van der Waals surface area contributed by atoms with Crippen molar-refractivity contribution in [2.45, 2.75) is 6.42 Å². The standard InChI is InChI=1S/C19H16ClN5/c20-14-5-3-4-13(10-14)16-11-23-19-17(16)18(24-12-25-19)22-9-7-15-6-1-2-8-21-15/h1-6,8,10-12H,7,9H2,(H2,22,23,24,25). The first-order valence-electron chi connectivity index (χ1n) is 8.03. The van der Waals surface area contributed by atoms with E-state index in [9.17, 15) is 0 Å². The second-order valence-corrected chi connectivity index (χ2v) is 6.09. The highest BCUT2D eigenvalue weighted by molar-refractivity contribution is 6.31. The number of nitrogens with one attached hydrogen (secondary N) is 2. The van der Waals surface area contributed by atoms with E-state index in [1.165, 1.54) is 0 Å². The summed E-state index contributed by atoms with van der Waals surface area (Å²) in [6.07, 6.45) is 6.13.